The van der Waals surface area contributed by atoms with Crippen molar-refractivity contribution in [2.75, 3.05) is 19.0 Å². The lowest BCUT2D eigenvalue weighted by atomic mass is 10.1. The monoisotopic (exact) mass is 288 g/mol. The van der Waals surface area contributed by atoms with Crippen molar-refractivity contribution >= 4 is 22.6 Å². The average Bonchev–Trinajstić information content (AvgIpc) is 2.36. The highest BCUT2D eigenvalue weighted by Crippen LogP contribution is 2.27. The Morgan fingerprint density at radius 1 is 1.33 bits per heavy atom. The highest BCUT2D eigenvalue weighted by molar-refractivity contribution is 5.91. The van der Waals surface area contributed by atoms with Gasteiger partial charge in [-0.15, -0.1) is 0 Å². The molecule has 5 nitrogen and oxygen atoms in total. The topological polar surface area (TPSA) is 66.7 Å². The average molecular weight is 288 g/mol. The number of benzene rings is 1. The molecular weight excluding hydrogens is 268 g/mol. The van der Waals surface area contributed by atoms with Crippen LogP contribution in [0.2, 0.25) is 0 Å². The number of nitrogens with one attached hydrogen (secondary N) is 1. The van der Waals surface area contributed by atoms with Gasteiger partial charge < -0.3 is 19.5 Å². The normalized spacial score (nSPS) is 10.9. The fraction of sp³-hybridized carbons (Fsp3) is 0.375. The molecule has 1 aromatic carbocycles. The van der Waals surface area contributed by atoms with E-state index in [0.717, 1.165) is 22.3 Å². The van der Waals surface area contributed by atoms with Crippen molar-refractivity contribution in [1.82, 2.24) is 0 Å². The van der Waals surface area contributed by atoms with Crippen LogP contribution in [0.4, 0.5) is 5.69 Å². The maximum atomic E-state index is 10.8. The lowest BCUT2D eigenvalue weighted by molar-refractivity contribution is -0.361. The van der Waals surface area contributed by atoms with Crippen LogP contribution >= 0.6 is 0 Å². The lowest BCUT2D eigenvalue weighted by Gasteiger charge is -2.16. The highest BCUT2D eigenvalue weighted by atomic mass is 16.5. The molecule has 2 rings (SSSR count). The molecule has 0 radical (unpaired) electrons. The molecule has 1 aromatic heterocycles. The third-order valence-corrected chi connectivity index (χ3v) is 3.06. The zero-order valence-electron chi connectivity index (χ0n) is 12.8. The Morgan fingerprint density at radius 3 is 2.62 bits per heavy atom. The number of pyridine rings is 1. The van der Waals surface area contributed by atoms with Gasteiger partial charge in [-0.25, -0.2) is 4.98 Å². The first-order chi connectivity index (χ1) is 9.86. The van der Waals surface area contributed by atoms with Gasteiger partial charge in [0.05, 0.1) is 29.6 Å². The van der Waals surface area contributed by atoms with Gasteiger partial charge in [0.15, 0.2) is 5.69 Å². The summed E-state index contributed by atoms with van der Waals surface area (Å²) in [6.45, 7) is 3.96. The van der Waals surface area contributed by atoms with E-state index in [9.17, 15) is 9.90 Å². The minimum atomic E-state index is -1.10. The number of hydrogen-bond donors (Lipinski definition) is 0. The van der Waals surface area contributed by atoms with Crippen molar-refractivity contribution in [2.24, 2.45) is 0 Å². The quantitative estimate of drug-likeness (QED) is 0.816. The molecule has 0 unspecified atom stereocenters. The van der Waals surface area contributed by atoms with E-state index >= 15 is 0 Å². The molecule has 0 saturated carbocycles. The van der Waals surface area contributed by atoms with Gasteiger partial charge in [0.1, 0.15) is 5.75 Å². The number of rotatable bonds is 5. The number of carbonyl (C=O) groups excluding carboxylic acids is 1. The van der Waals surface area contributed by atoms with E-state index in [1.54, 1.807) is 0 Å². The van der Waals surface area contributed by atoms with Crippen LogP contribution in [0.5, 0.6) is 5.75 Å². The number of aromatic nitrogens is 1. The second kappa shape index (κ2) is 5.99. The summed E-state index contributed by atoms with van der Waals surface area (Å²) in [6, 6.07) is 7.57. The molecule has 5 heteroatoms. The molecule has 21 heavy (non-hydrogen) atoms. The van der Waals surface area contributed by atoms with Gasteiger partial charge in [0.2, 0.25) is 5.52 Å². The van der Waals surface area contributed by atoms with Crippen molar-refractivity contribution in [3.8, 4) is 5.75 Å². The van der Waals surface area contributed by atoms with Crippen molar-refractivity contribution in [3.63, 3.8) is 0 Å². The number of aromatic amines is 1. The standard InChI is InChI=1S/C16H20N2O3/c1-10(2)21-12-5-6-14-13(9-12)15(18(3)4)7-11(17-14)8-16(19)20/h5-7,9-10H,8H2,1-4H3,(H,19,20). The number of ether oxygens (including phenoxy) is 1. The Morgan fingerprint density at radius 2 is 2.05 bits per heavy atom. The summed E-state index contributed by atoms with van der Waals surface area (Å²) in [4.78, 5) is 15.9. The zero-order valence-corrected chi connectivity index (χ0v) is 12.8. The fourth-order valence-electron chi connectivity index (χ4n) is 2.26. The molecule has 0 amide bonds. The molecular formula is C16H20N2O3. The van der Waals surface area contributed by atoms with E-state index in [1.807, 2.05) is 57.1 Å². The summed E-state index contributed by atoms with van der Waals surface area (Å²) in [7, 11) is 3.85. The van der Waals surface area contributed by atoms with Crippen molar-refractivity contribution < 1.29 is 19.6 Å². The number of H-pyrrole nitrogens is 1. The van der Waals surface area contributed by atoms with E-state index in [1.165, 1.54) is 0 Å². The van der Waals surface area contributed by atoms with Crippen molar-refractivity contribution in [1.29, 1.82) is 0 Å². The smallest absolute Gasteiger partial charge is 0.213 e. The van der Waals surface area contributed by atoms with Crippen LogP contribution in [-0.2, 0) is 11.2 Å². The minimum absolute atomic E-state index is 0.103. The summed E-state index contributed by atoms with van der Waals surface area (Å²) < 4.78 is 5.72. The van der Waals surface area contributed by atoms with Crippen LogP contribution in [0.15, 0.2) is 24.3 Å². The lowest BCUT2D eigenvalue weighted by Crippen LogP contribution is -2.28. The molecule has 0 spiro atoms. The van der Waals surface area contributed by atoms with Crippen LogP contribution in [0.1, 0.15) is 19.5 Å². The van der Waals surface area contributed by atoms with E-state index in [0.29, 0.717) is 5.69 Å². The summed E-state index contributed by atoms with van der Waals surface area (Å²) >= 11 is 0. The van der Waals surface area contributed by atoms with E-state index < -0.39 is 5.97 Å². The van der Waals surface area contributed by atoms with Crippen LogP contribution in [0.3, 0.4) is 0 Å². The van der Waals surface area contributed by atoms with E-state index in [2.05, 4.69) is 4.98 Å². The first kappa shape index (κ1) is 15.1. The summed E-state index contributed by atoms with van der Waals surface area (Å²) in [5, 5.41) is 11.8. The molecule has 0 bridgehead atoms. The molecule has 0 aliphatic heterocycles. The minimum Gasteiger partial charge on any atom is -0.550 e. The first-order valence-electron chi connectivity index (χ1n) is 6.89. The first-order valence-corrected chi connectivity index (χ1v) is 6.89. The number of nitrogens with zero attached hydrogens (tertiary/aromatic N) is 1. The summed E-state index contributed by atoms with van der Waals surface area (Å²) in [6.07, 6.45) is -0.0345. The maximum absolute atomic E-state index is 10.8. The molecule has 0 atom stereocenters. The molecule has 112 valence electrons. The number of carbonyl (C=O) groups is 1. The molecule has 0 aliphatic rings. The Balaban J connectivity index is 2.56. The molecule has 2 aromatic rings. The number of anilines is 1. The third kappa shape index (κ3) is 3.62. The predicted octanol–water partition coefficient (Wildman–Crippen LogP) is 0.799. The van der Waals surface area contributed by atoms with Crippen molar-refractivity contribution in [2.45, 2.75) is 26.4 Å². The van der Waals surface area contributed by atoms with Gasteiger partial charge in [0, 0.05) is 26.2 Å². The molecule has 1 heterocycles. The Hall–Kier alpha value is -2.30. The number of aliphatic carboxylic acids is 1. The fourth-order valence-corrected chi connectivity index (χ4v) is 2.26. The number of fused-ring (bicyclic) bond motifs is 1. The van der Waals surface area contributed by atoms with Gasteiger partial charge >= 0.3 is 0 Å². The Kier molecular flexibility index (Phi) is 4.31. The van der Waals surface area contributed by atoms with Crippen LogP contribution in [0.25, 0.3) is 10.9 Å². The van der Waals surface area contributed by atoms with Gasteiger partial charge in [-0.3, -0.25) is 0 Å². The van der Waals surface area contributed by atoms with Gasteiger partial charge in [0.25, 0.3) is 0 Å². The number of carboxylic acid groups (broad SMARTS) is 1. The summed E-state index contributed by atoms with van der Waals surface area (Å²) in [5.41, 5.74) is 2.42. The van der Waals surface area contributed by atoms with Crippen LogP contribution in [-0.4, -0.2) is 26.2 Å². The Bertz CT molecular complexity index is 666. The SMILES string of the molecule is CC(C)Oc1ccc2[nH+]c(CC(=O)[O-])cc(N(C)C)c2c1. The number of carboxylic acids is 1. The van der Waals surface area contributed by atoms with Gasteiger partial charge in [-0.2, -0.15) is 0 Å². The zero-order chi connectivity index (χ0) is 15.6. The molecule has 0 saturated heterocycles. The predicted molar refractivity (Wildman–Crippen MR) is 79.3 cm³/mol. The molecule has 0 aliphatic carbocycles. The van der Waals surface area contributed by atoms with Crippen LogP contribution < -0.4 is 19.7 Å². The van der Waals surface area contributed by atoms with Crippen molar-refractivity contribution in [3.05, 3.63) is 30.0 Å². The van der Waals surface area contributed by atoms with E-state index in [-0.39, 0.29) is 12.5 Å². The molecule has 0 fully saturated rings. The molecule has 1 N–H and O–H groups in total. The largest absolute Gasteiger partial charge is 0.550 e. The summed E-state index contributed by atoms with van der Waals surface area (Å²) in [5.74, 6) is -0.309. The third-order valence-electron chi connectivity index (χ3n) is 3.06. The van der Waals surface area contributed by atoms with E-state index in [4.69, 9.17) is 4.74 Å². The Labute approximate surface area is 124 Å². The number of hydrogen-bond acceptors (Lipinski definition) is 4. The highest BCUT2D eigenvalue weighted by Gasteiger charge is 2.14. The van der Waals surface area contributed by atoms with Gasteiger partial charge in [-0.1, -0.05) is 0 Å². The maximum Gasteiger partial charge on any atom is 0.213 e. The second-order valence-electron chi connectivity index (χ2n) is 5.50. The van der Waals surface area contributed by atoms with Crippen LogP contribution in [0, 0.1) is 0 Å². The second-order valence-corrected chi connectivity index (χ2v) is 5.50. The van der Waals surface area contributed by atoms with Gasteiger partial charge in [-0.05, 0) is 26.0 Å².